The van der Waals surface area contributed by atoms with E-state index in [1.54, 1.807) is 5.56 Å². The summed E-state index contributed by atoms with van der Waals surface area (Å²) >= 11 is 0. The molecule has 0 spiro atoms. The Balaban J connectivity index is 1.68. The highest BCUT2D eigenvalue weighted by Gasteiger charge is 2.47. The zero-order valence-corrected chi connectivity index (χ0v) is 10.9. The molecule has 1 aromatic rings. The Bertz CT molecular complexity index is 408. The lowest BCUT2D eigenvalue weighted by atomic mass is 9.70. The van der Waals surface area contributed by atoms with Gasteiger partial charge in [0.25, 0.3) is 0 Å². The molecule has 2 bridgehead atoms. The number of nitrogens with zero attached hydrogens (tertiary/aromatic N) is 1. The number of benzene rings is 1. The second-order valence-electron chi connectivity index (χ2n) is 6.15. The van der Waals surface area contributed by atoms with E-state index in [-0.39, 0.29) is 0 Å². The van der Waals surface area contributed by atoms with Crippen LogP contribution in [0.1, 0.15) is 30.7 Å². The van der Waals surface area contributed by atoms with Crippen LogP contribution in [0.5, 0.6) is 0 Å². The molecule has 2 heteroatoms. The van der Waals surface area contributed by atoms with E-state index in [9.17, 15) is 0 Å². The molecule has 1 N–H and O–H groups in total. The Hall–Kier alpha value is -0.860. The summed E-state index contributed by atoms with van der Waals surface area (Å²) in [6.07, 6.45) is 4.12. The fourth-order valence-corrected chi connectivity index (χ4v) is 4.52. The van der Waals surface area contributed by atoms with Crippen LogP contribution in [0, 0.1) is 5.92 Å². The average Bonchev–Trinajstić information content (AvgIpc) is 2.49. The number of piperidine rings is 4. The van der Waals surface area contributed by atoms with Gasteiger partial charge in [-0.1, -0.05) is 30.3 Å². The van der Waals surface area contributed by atoms with E-state index in [0.717, 1.165) is 23.9 Å². The van der Waals surface area contributed by atoms with Gasteiger partial charge in [-0.3, -0.25) is 4.90 Å². The largest absolute Gasteiger partial charge is 0.312 e. The van der Waals surface area contributed by atoms with Gasteiger partial charge in [0.15, 0.2) is 0 Å². The predicted molar refractivity (Wildman–Crippen MR) is 73.7 cm³/mol. The first-order valence-corrected chi connectivity index (χ1v) is 7.46. The van der Waals surface area contributed by atoms with Crippen LogP contribution in [0.4, 0.5) is 0 Å². The molecular formula is C16H22N2. The van der Waals surface area contributed by atoms with Gasteiger partial charge in [-0.15, -0.1) is 0 Å². The SMILES string of the molecule is c1ccc([C@H]2CCN[C@H]3C4CCN(CC4)[C@@H]23)cc1. The summed E-state index contributed by atoms with van der Waals surface area (Å²) in [7, 11) is 0. The third-order valence-corrected chi connectivity index (χ3v) is 5.35. The van der Waals surface area contributed by atoms with Gasteiger partial charge < -0.3 is 5.32 Å². The maximum atomic E-state index is 3.81. The number of hydrogen-bond donors (Lipinski definition) is 1. The van der Waals surface area contributed by atoms with Crippen molar-refractivity contribution in [2.75, 3.05) is 19.6 Å². The molecule has 0 radical (unpaired) electrons. The first-order chi connectivity index (χ1) is 8.93. The number of fused-ring (bicyclic) bond motifs is 2. The maximum absolute atomic E-state index is 3.81. The number of rotatable bonds is 1. The molecule has 0 aliphatic carbocycles. The predicted octanol–water partition coefficient (Wildman–Crippen LogP) is 2.23. The van der Waals surface area contributed by atoms with E-state index in [0.29, 0.717) is 0 Å². The van der Waals surface area contributed by atoms with Crippen molar-refractivity contribution in [3.63, 3.8) is 0 Å². The van der Waals surface area contributed by atoms with E-state index in [1.165, 1.54) is 38.9 Å². The highest BCUT2D eigenvalue weighted by Crippen LogP contribution is 2.42. The van der Waals surface area contributed by atoms with Crippen molar-refractivity contribution in [2.45, 2.75) is 37.3 Å². The Morgan fingerprint density at radius 2 is 1.78 bits per heavy atom. The third-order valence-electron chi connectivity index (χ3n) is 5.35. The second-order valence-corrected chi connectivity index (χ2v) is 6.15. The molecule has 2 nitrogen and oxygen atoms in total. The van der Waals surface area contributed by atoms with Crippen LogP contribution in [0.25, 0.3) is 0 Å². The van der Waals surface area contributed by atoms with Gasteiger partial charge in [0, 0.05) is 18.0 Å². The molecule has 18 heavy (non-hydrogen) atoms. The van der Waals surface area contributed by atoms with Crippen molar-refractivity contribution in [2.24, 2.45) is 5.92 Å². The molecule has 0 unspecified atom stereocenters. The van der Waals surface area contributed by atoms with Crippen molar-refractivity contribution in [3.05, 3.63) is 35.9 Å². The Morgan fingerprint density at radius 3 is 2.56 bits per heavy atom. The van der Waals surface area contributed by atoms with Gasteiger partial charge in [0.2, 0.25) is 0 Å². The number of nitrogens with one attached hydrogen (secondary N) is 1. The summed E-state index contributed by atoms with van der Waals surface area (Å²) < 4.78 is 0. The van der Waals surface area contributed by atoms with Gasteiger partial charge >= 0.3 is 0 Å². The van der Waals surface area contributed by atoms with Crippen LogP contribution in [-0.2, 0) is 0 Å². The standard InChI is InChI=1S/C16H22N2/c1-2-4-12(5-3-1)14-6-9-17-15-13-7-10-18(11-8-13)16(14)15/h1-5,13-17H,6-11H2/t14-,15+,16+/m1/s1. The van der Waals surface area contributed by atoms with E-state index in [4.69, 9.17) is 0 Å². The van der Waals surface area contributed by atoms with Crippen LogP contribution in [0.2, 0.25) is 0 Å². The monoisotopic (exact) mass is 242 g/mol. The van der Waals surface area contributed by atoms with E-state index >= 15 is 0 Å². The highest BCUT2D eigenvalue weighted by atomic mass is 15.2. The summed E-state index contributed by atoms with van der Waals surface area (Å²) in [5.74, 6) is 1.69. The minimum absolute atomic E-state index is 0.751. The molecule has 4 saturated heterocycles. The second kappa shape index (κ2) is 4.36. The number of hydrogen-bond acceptors (Lipinski definition) is 2. The van der Waals surface area contributed by atoms with Crippen molar-refractivity contribution in [3.8, 4) is 0 Å². The van der Waals surface area contributed by atoms with Gasteiger partial charge in [0.1, 0.15) is 0 Å². The molecule has 4 aliphatic rings. The lowest BCUT2D eigenvalue weighted by molar-refractivity contribution is -0.0152. The first kappa shape index (κ1) is 11.0. The van der Waals surface area contributed by atoms with Gasteiger partial charge in [-0.05, 0) is 50.4 Å². The molecular weight excluding hydrogens is 220 g/mol. The van der Waals surface area contributed by atoms with E-state index < -0.39 is 0 Å². The third kappa shape index (κ3) is 1.63. The van der Waals surface area contributed by atoms with Crippen molar-refractivity contribution in [1.82, 2.24) is 10.2 Å². The minimum atomic E-state index is 0.751. The highest BCUT2D eigenvalue weighted by molar-refractivity contribution is 5.24. The van der Waals surface area contributed by atoms with Crippen LogP contribution in [0.15, 0.2) is 30.3 Å². The van der Waals surface area contributed by atoms with E-state index in [1.807, 2.05) is 0 Å². The molecule has 4 fully saturated rings. The first-order valence-electron chi connectivity index (χ1n) is 7.46. The molecule has 96 valence electrons. The van der Waals surface area contributed by atoms with Crippen molar-refractivity contribution in [1.29, 1.82) is 0 Å². The van der Waals surface area contributed by atoms with Crippen molar-refractivity contribution < 1.29 is 0 Å². The maximum Gasteiger partial charge on any atom is 0.0321 e. The summed E-state index contributed by atoms with van der Waals surface area (Å²) in [6.45, 7) is 3.86. The van der Waals surface area contributed by atoms with Gasteiger partial charge in [-0.2, -0.15) is 0 Å². The normalized spacial score (nSPS) is 42.6. The lowest BCUT2D eigenvalue weighted by Crippen LogP contribution is -2.66. The fourth-order valence-electron chi connectivity index (χ4n) is 4.52. The Morgan fingerprint density at radius 1 is 1.00 bits per heavy atom. The summed E-state index contributed by atoms with van der Waals surface area (Å²) in [5, 5.41) is 3.81. The van der Waals surface area contributed by atoms with E-state index in [2.05, 4.69) is 40.5 Å². The zero-order chi connectivity index (χ0) is 11.9. The lowest BCUT2D eigenvalue weighted by Gasteiger charge is -2.56. The molecule has 0 amide bonds. The summed E-state index contributed by atoms with van der Waals surface area (Å²) in [6, 6.07) is 12.7. The molecule has 3 atom stereocenters. The van der Waals surface area contributed by atoms with Crippen LogP contribution < -0.4 is 5.32 Å². The summed E-state index contributed by atoms with van der Waals surface area (Å²) in [4.78, 5) is 2.76. The van der Waals surface area contributed by atoms with Gasteiger partial charge in [-0.25, -0.2) is 0 Å². The molecule has 1 aromatic carbocycles. The molecule has 4 aliphatic heterocycles. The van der Waals surface area contributed by atoms with Crippen LogP contribution in [-0.4, -0.2) is 36.6 Å². The molecule has 4 heterocycles. The van der Waals surface area contributed by atoms with Crippen LogP contribution >= 0.6 is 0 Å². The average molecular weight is 242 g/mol. The Labute approximate surface area is 109 Å². The quantitative estimate of drug-likeness (QED) is 0.812. The van der Waals surface area contributed by atoms with Crippen molar-refractivity contribution >= 4 is 0 Å². The minimum Gasteiger partial charge on any atom is -0.312 e. The fraction of sp³-hybridized carbons (Fsp3) is 0.625. The molecule has 5 rings (SSSR count). The van der Waals surface area contributed by atoms with Gasteiger partial charge in [0.05, 0.1) is 0 Å². The smallest absolute Gasteiger partial charge is 0.0321 e. The molecule has 0 saturated carbocycles. The summed E-state index contributed by atoms with van der Waals surface area (Å²) in [5.41, 5.74) is 1.56. The van der Waals surface area contributed by atoms with Crippen LogP contribution in [0.3, 0.4) is 0 Å². The Kier molecular flexibility index (Phi) is 2.66. The topological polar surface area (TPSA) is 15.3 Å². The molecule has 0 aromatic heterocycles. The zero-order valence-electron chi connectivity index (χ0n) is 10.9.